The molecule has 0 aromatic carbocycles. The average Bonchev–Trinajstić information content (AvgIpc) is 3.77. The first kappa shape index (κ1) is 25.2. The molecule has 1 aliphatic carbocycles. The molecule has 1 unspecified atom stereocenters. The van der Waals surface area contributed by atoms with Crippen molar-refractivity contribution in [1.29, 1.82) is 0 Å². The molecule has 9 nitrogen and oxygen atoms in total. The lowest BCUT2D eigenvalue weighted by Gasteiger charge is -2.15. The molecular formula is C28H25ClN6O3. The summed E-state index contributed by atoms with van der Waals surface area (Å²) in [5.74, 6) is 8.55. The minimum Gasteiger partial charge on any atom is -0.487 e. The molecule has 1 fully saturated rings. The van der Waals surface area contributed by atoms with Gasteiger partial charge in [-0.2, -0.15) is 0 Å². The summed E-state index contributed by atoms with van der Waals surface area (Å²) in [4.78, 5) is 29.5. The minimum atomic E-state index is -0.252. The first-order valence-corrected chi connectivity index (χ1v) is 12.5. The highest BCUT2D eigenvalue weighted by atomic mass is 35.5. The zero-order valence-corrected chi connectivity index (χ0v) is 21.6. The van der Waals surface area contributed by atoms with Gasteiger partial charge >= 0.3 is 0 Å². The molecule has 1 amide bonds. The summed E-state index contributed by atoms with van der Waals surface area (Å²) >= 11 is 5.90. The number of hydrogen-bond donors (Lipinski definition) is 2. The third-order valence-corrected chi connectivity index (χ3v) is 5.97. The minimum absolute atomic E-state index is 0.00291. The summed E-state index contributed by atoms with van der Waals surface area (Å²) in [6.45, 7) is 2.19. The van der Waals surface area contributed by atoms with Crippen LogP contribution in [0.5, 0.6) is 11.6 Å². The molecule has 0 spiro atoms. The smallest absolute Gasteiger partial charge is 0.228 e. The van der Waals surface area contributed by atoms with Crippen molar-refractivity contribution in [2.45, 2.75) is 25.9 Å². The molecule has 4 heterocycles. The van der Waals surface area contributed by atoms with Crippen molar-refractivity contribution in [3.05, 3.63) is 71.4 Å². The van der Waals surface area contributed by atoms with E-state index in [1.807, 2.05) is 13.0 Å². The van der Waals surface area contributed by atoms with Gasteiger partial charge in [0.1, 0.15) is 40.9 Å². The Morgan fingerprint density at radius 2 is 2.00 bits per heavy atom. The number of hydrogen-bond acceptors (Lipinski definition) is 8. The summed E-state index contributed by atoms with van der Waals surface area (Å²) < 4.78 is 11.6. The Morgan fingerprint density at radius 1 is 1.13 bits per heavy atom. The first-order valence-electron chi connectivity index (χ1n) is 12.2. The van der Waals surface area contributed by atoms with Crippen molar-refractivity contribution in [2.24, 2.45) is 5.92 Å². The fraction of sp³-hybridized carbons (Fsp3) is 0.250. The van der Waals surface area contributed by atoms with Crippen LogP contribution in [-0.2, 0) is 4.79 Å². The van der Waals surface area contributed by atoms with Crippen LogP contribution >= 0.6 is 11.6 Å². The lowest BCUT2D eigenvalue weighted by Crippen LogP contribution is -2.21. The second-order valence-corrected chi connectivity index (χ2v) is 9.20. The van der Waals surface area contributed by atoms with Gasteiger partial charge in [0.15, 0.2) is 0 Å². The molecule has 1 atom stereocenters. The number of fused-ring (bicyclic) bond motifs is 1. The van der Waals surface area contributed by atoms with Gasteiger partial charge in [0, 0.05) is 54.5 Å². The van der Waals surface area contributed by atoms with Crippen LogP contribution in [0.15, 0.2) is 55.0 Å². The molecule has 1 aliphatic rings. The zero-order valence-electron chi connectivity index (χ0n) is 20.9. The van der Waals surface area contributed by atoms with E-state index in [-0.39, 0.29) is 17.9 Å². The highest BCUT2D eigenvalue weighted by Gasteiger charge is 2.29. The van der Waals surface area contributed by atoms with Crippen LogP contribution in [0.3, 0.4) is 0 Å². The van der Waals surface area contributed by atoms with Crippen LogP contribution < -0.4 is 20.1 Å². The van der Waals surface area contributed by atoms with Gasteiger partial charge in [-0.3, -0.25) is 4.79 Å². The highest BCUT2D eigenvalue weighted by molar-refractivity contribution is 6.29. The summed E-state index contributed by atoms with van der Waals surface area (Å²) in [6, 6.07) is 10.5. The maximum Gasteiger partial charge on any atom is 0.228 e. The Labute approximate surface area is 225 Å². The number of amides is 1. The Hall–Kier alpha value is -4.42. The van der Waals surface area contributed by atoms with E-state index < -0.39 is 0 Å². The van der Waals surface area contributed by atoms with Crippen LogP contribution in [0.1, 0.15) is 31.0 Å². The molecule has 192 valence electrons. The van der Waals surface area contributed by atoms with E-state index in [1.165, 1.54) is 0 Å². The number of carbonyl (C=O) groups excluding carboxylic acids is 1. The molecule has 4 aromatic heterocycles. The summed E-state index contributed by atoms with van der Waals surface area (Å²) in [7, 11) is 1.79. The molecule has 2 N–H and O–H groups in total. The Morgan fingerprint density at radius 3 is 2.79 bits per heavy atom. The van der Waals surface area contributed by atoms with E-state index in [2.05, 4.69) is 42.4 Å². The Kier molecular flexibility index (Phi) is 7.52. The molecule has 0 radical (unpaired) electrons. The molecule has 0 saturated heterocycles. The number of nitrogens with one attached hydrogen (secondary N) is 2. The SMILES string of the molecule is CNc1ncc(C#Cc2cc(OC(C)COc3cccc(Cl)n3)ccn2)c2cc(NC(=O)C3CC3)ncc12. The maximum atomic E-state index is 12.2. The molecule has 1 saturated carbocycles. The van der Waals surface area contributed by atoms with Gasteiger partial charge in [-0.25, -0.2) is 19.9 Å². The van der Waals surface area contributed by atoms with Gasteiger partial charge in [-0.15, -0.1) is 0 Å². The first-order chi connectivity index (χ1) is 18.5. The second-order valence-electron chi connectivity index (χ2n) is 8.81. The lowest BCUT2D eigenvalue weighted by atomic mass is 10.1. The monoisotopic (exact) mass is 528 g/mol. The molecule has 0 bridgehead atoms. The van der Waals surface area contributed by atoms with Crippen molar-refractivity contribution in [2.75, 3.05) is 24.3 Å². The molecule has 4 aromatic rings. The average molecular weight is 529 g/mol. The van der Waals surface area contributed by atoms with Crippen LogP contribution in [-0.4, -0.2) is 45.6 Å². The maximum absolute atomic E-state index is 12.2. The fourth-order valence-electron chi connectivity index (χ4n) is 3.70. The predicted molar refractivity (Wildman–Crippen MR) is 145 cm³/mol. The fourth-order valence-corrected chi connectivity index (χ4v) is 3.86. The van der Waals surface area contributed by atoms with Gasteiger partial charge in [-0.05, 0) is 43.9 Å². The molecule has 10 heteroatoms. The zero-order chi connectivity index (χ0) is 26.5. The van der Waals surface area contributed by atoms with E-state index in [4.69, 9.17) is 21.1 Å². The largest absolute Gasteiger partial charge is 0.487 e. The predicted octanol–water partition coefficient (Wildman–Crippen LogP) is 4.71. The van der Waals surface area contributed by atoms with Crippen molar-refractivity contribution >= 4 is 39.9 Å². The second kappa shape index (κ2) is 11.3. The normalized spacial score (nSPS) is 13.2. The van der Waals surface area contributed by atoms with Gasteiger partial charge in [0.25, 0.3) is 0 Å². The quantitative estimate of drug-likeness (QED) is 0.250. The summed E-state index contributed by atoms with van der Waals surface area (Å²) in [5, 5.41) is 7.96. The van der Waals surface area contributed by atoms with Crippen molar-refractivity contribution in [3.63, 3.8) is 0 Å². The number of anilines is 2. The Balaban J connectivity index is 1.32. The molecular weight excluding hydrogens is 504 g/mol. The lowest BCUT2D eigenvalue weighted by molar-refractivity contribution is -0.117. The van der Waals surface area contributed by atoms with Crippen LogP contribution in [0, 0.1) is 17.8 Å². The van der Waals surface area contributed by atoms with E-state index in [0.29, 0.717) is 46.3 Å². The van der Waals surface area contributed by atoms with E-state index >= 15 is 0 Å². The van der Waals surface area contributed by atoms with E-state index in [0.717, 1.165) is 23.6 Å². The van der Waals surface area contributed by atoms with E-state index in [9.17, 15) is 4.79 Å². The summed E-state index contributed by atoms with van der Waals surface area (Å²) in [5.41, 5.74) is 1.22. The van der Waals surface area contributed by atoms with Gasteiger partial charge in [0.2, 0.25) is 11.8 Å². The van der Waals surface area contributed by atoms with Crippen molar-refractivity contribution in [3.8, 4) is 23.5 Å². The topological polar surface area (TPSA) is 111 Å². The molecule has 5 rings (SSSR count). The highest BCUT2D eigenvalue weighted by Crippen LogP contribution is 2.31. The van der Waals surface area contributed by atoms with Gasteiger partial charge in [0.05, 0.1) is 5.56 Å². The van der Waals surface area contributed by atoms with Crippen molar-refractivity contribution in [1.82, 2.24) is 19.9 Å². The van der Waals surface area contributed by atoms with Crippen LogP contribution in [0.4, 0.5) is 11.6 Å². The number of halogens is 1. The van der Waals surface area contributed by atoms with Crippen molar-refractivity contribution < 1.29 is 14.3 Å². The number of ether oxygens (including phenoxy) is 2. The Bertz CT molecular complexity index is 1550. The van der Waals surface area contributed by atoms with Crippen LogP contribution in [0.2, 0.25) is 5.15 Å². The number of nitrogens with zero attached hydrogens (tertiary/aromatic N) is 4. The number of rotatable bonds is 8. The van der Waals surface area contributed by atoms with Crippen LogP contribution in [0.25, 0.3) is 10.8 Å². The number of aromatic nitrogens is 4. The number of pyridine rings is 4. The molecule has 0 aliphatic heterocycles. The summed E-state index contributed by atoms with van der Waals surface area (Å²) in [6.07, 6.45) is 6.61. The third kappa shape index (κ3) is 6.28. The van der Waals surface area contributed by atoms with Gasteiger partial charge in [-0.1, -0.05) is 23.6 Å². The third-order valence-electron chi connectivity index (χ3n) is 5.76. The standard InChI is InChI=1S/C28H25ClN6O3/c1-17(16-37-26-5-3-4-24(29)34-26)38-21-10-11-31-20(12-21)9-8-19-14-33-27(30-2)23-15-32-25(13-22(19)23)35-28(36)18-6-7-18/h3-5,10-15,17-18H,6-7,16H2,1-2H3,(H,30,33)(H,32,35,36). The number of carbonyl (C=O) groups is 1. The van der Waals surface area contributed by atoms with Gasteiger partial charge < -0.3 is 20.1 Å². The van der Waals surface area contributed by atoms with E-state index in [1.54, 1.807) is 56.0 Å². The molecule has 38 heavy (non-hydrogen) atoms.